The second kappa shape index (κ2) is 6.05. The average Bonchev–Trinajstić information content (AvgIpc) is 2.46. The molecule has 0 fully saturated rings. The summed E-state index contributed by atoms with van der Waals surface area (Å²) in [5, 5.41) is 19.8. The maximum Gasteiger partial charge on any atom is 0.223 e. The van der Waals surface area contributed by atoms with Gasteiger partial charge in [0.05, 0.1) is 5.69 Å². The predicted octanol–water partition coefficient (Wildman–Crippen LogP) is 1.21. The van der Waals surface area contributed by atoms with E-state index in [0.29, 0.717) is 12.2 Å². The molecule has 108 valence electrons. The van der Waals surface area contributed by atoms with E-state index in [4.69, 9.17) is 16.4 Å². The van der Waals surface area contributed by atoms with Gasteiger partial charge in [-0.15, -0.1) is 0 Å². The number of benzene rings is 1. The number of nitriles is 1. The first kappa shape index (κ1) is 14.5. The van der Waals surface area contributed by atoms with Gasteiger partial charge in [0.2, 0.25) is 11.6 Å². The van der Waals surface area contributed by atoms with Crippen LogP contribution in [0.15, 0.2) is 23.3 Å². The highest BCUT2D eigenvalue weighted by atomic mass is 16.2. The van der Waals surface area contributed by atoms with Gasteiger partial charge in [0.1, 0.15) is 6.07 Å². The Morgan fingerprint density at radius 1 is 1.57 bits per heavy atom. The van der Waals surface area contributed by atoms with Crippen molar-refractivity contribution in [1.29, 1.82) is 10.7 Å². The Hall–Kier alpha value is -2.88. The number of aryl methyl sites for hydroxylation is 1. The third kappa shape index (κ3) is 3.17. The van der Waals surface area contributed by atoms with Crippen molar-refractivity contribution in [2.24, 2.45) is 10.8 Å². The zero-order valence-electron chi connectivity index (χ0n) is 11.7. The molecule has 0 aromatic heterocycles. The number of fused-ring (bicyclic) bond motifs is 1. The fourth-order valence-electron chi connectivity index (χ4n) is 2.24. The van der Waals surface area contributed by atoms with Crippen molar-refractivity contribution in [3.63, 3.8) is 0 Å². The summed E-state index contributed by atoms with van der Waals surface area (Å²) in [5.41, 5.74) is 10.3. The molecule has 4 N–H and O–H groups in total. The van der Waals surface area contributed by atoms with Gasteiger partial charge in [-0.1, -0.05) is 6.07 Å². The van der Waals surface area contributed by atoms with Crippen LogP contribution in [0.1, 0.15) is 18.9 Å². The van der Waals surface area contributed by atoms with Crippen molar-refractivity contribution in [2.75, 3.05) is 16.9 Å². The summed E-state index contributed by atoms with van der Waals surface area (Å²) in [4.78, 5) is 13.4. The fraction of sp³-hybridized carbons (Fsp3) is 0.286. The fourth-order valence-corrected chi connectivity index (χ4v) is 2.24. The molecule has 7 heteroatoms. The van der Waals surface area contributed by atoms with E-state index in [1.54, 1.807) is 11.0 Å². The number of nitrogens with one attached hydrogen (secondary N) is 2. The molecule has 0 unspecified atom stereocenters. The number of amides is 1. The average molecular weight is 284 g/mol. The number of hydrogen-bond acceptors (Lipinski definition) is 5. The van der Waals surface area contributed by atoms with E-state index in [-0.39, 0.29) is 11.6 Å². The van der Waals surface area contributed by atoms with Gasteiger partial charge in [-0.2, -0.15) is 10.4 Å². The Kier molecular flexibility index (Phi) is 4.18. The molecule has 0 bridgehead atoms. The monoisotopic (exact) mass is 284 g/mol. The first-order chi connectivity index (χ1) is 10.0. The minimum Gasteiger partial charge on any atom is -0.382 e. The molecule has 1 aliphatic heterocycles. The van der Waals surface area contributed by atoms with Crippen LogP contribution < -0.4 is 16.1 Å². The molecule has 0 atom stereocenters. The molecule has 0 spiro atoms. The van der Waals surface area contributed by atoms with Crippen molar-refractivity contribution >= 4 is 28.8 Å². The summed E-state index contributed by atoms with van der Waals surface area (Å²) >= 11 is 0. The van der Waals surface area contributed by atoms with Gasteiger partial charge in [0.15, 0.2) is 5.84 Å². The van der Waals surface area contributed by atoms with Gasteiger partial charge in [0.25, 0.3) is 0 Å². The largest absolute Gasteiger partial charge is 0.382 e. The Bertz CT molecular complexity index is 658. The number of hydrogen-bond donors (Lipinski definition) is 3. The molecule has 21 heavy (non-hydrogen) atoms. The Labute approximate surface area is 122 Å². The van der Waals surface area contributed by atoms with E-state index in [1.165, 1.54) is 6.92 Å². The quantitative estimate of drug-likeness (QED) is 0.439. The van der Waals surface area contributed by atoms with E-state index in [2.05, 4.69) is 10.5 Å². The van der Waals surface area contributed by atoms with Crippen LogP contribution in [0.2, 0.25) is 0 Å². The molecule has 1 aromatic rings. The third-order valence-corrected chi connectivity index (χ3v) is 3.24. The SMILES string of the molecule is CC(=O)N1CCCc2ccc(N/N=C(\C#N)C(=N)N)cc21. The molecule has 1 aromatic carbocycles. The number of carbonyl (C=O) groups is 1. The third-order valence-electron chi connectivity index (χ3n) is 3.24. The number of amidine groups is 1. The van der Waals surface area contributed by atoms with E-state index < -0.39 is 5.84 Å². The van der Waals surface area contributed by atoms with Crippen molar-refractivity contribution < 1.29 is 4.79 Å². The maximum absolute atomic E-state index is 11.7. The normalized spacial score (nSPS) is 14.1. The molecule has 7 nitrogen and oxygen atoms in total. The van der Waals surface area contributed by atoms with E-state index in [9.17, 15) is 4.79 Å². The van der Waals surface area contributed by atoms with Crippen LogP contribution in [0.5, 0.6) is 0 Å². The van der Waals surface area contributed by atoms with Crippen LogP contribution in [0.3, 0.4) is 0 Å². The van der Waals surface area contributed by atoms with Crippen LogP contribution in [-0.2, 0) is 11.2 Å². The molecular formula is C14H16N6O. The number of nitrogens with two attached hydrogens (primary N) is 1. The topological polar surface area (TPSA) is 118 Å². The number of anilines is 2. The molecule has 1 amide bonds. The van der Waals surface area contributed by atoms with E-state index in [1.807, 2.05) is 18.2 Å². The first-order valence-corrected chi connectivity index (χ1v) is 6.52. The zero-order valence-corrected chi connectivity index (χ0v) is 11.7. The van der Waals surface area contributed by atoms with Gasteiger partial charge < -0.3 is 10.6 Å². The summed E-state index contributed by atoms with van der Waals surface area (Å²) in [6.45, 7) is 2.24. The number of carbonyl (C=O) groups excluding carboxylic acids is 1. The predicted molar refractivity (Wildman–Crippen MR) is 81.4 cm³/mol. The van der Waals surface area contributed by atoms with Crippen LogP contribution >= 0.6 is 0 Å². The maximum atomic E-state index is 11.7. The van der Waals surface area contributed by atoms with E-state index >= 15 is 0 Å². The van der Waals surface area contributed by atoms with Gasteiger partial charge in [-0.05, 0) is 30.5 Å². The lowest BCUT2D eigenvalue weighted by molar-refractivity contribution is -0.116. The lowest BCUT2D eigenvalue weighted by Gasteiger charge is -2.28. The number of nitrogens with zero attached hydrogens (tertiary/aromatic N) is 3. The molecule has 0 aliphatic carbocycles. The minimum atomic E-state index is -0.395. The second-order valence-corrected chi connectivity index (χ2v) is 4.72. The first-order valence-electron chi connectivity index (χ1n) is 6.52. The highest BCUT2D eigenvalue weighted by Gasteiger charge is 2.20. The van der Waals surface area contributed by atoms with Gasteiger partial charge in [0, 0.05) is 19.2 Å². The molecule has 2 rings (SSSR count). The zero-order chi connectivity index (χ0) is 15.4. The Morgan fingerprint density at radius 2 is 2.33 bits per heavy atom. The second-order valence-electron chi connectivity index (χ2n) is 4.72. The van der Waals surface area contributed by atoms with Gasteiger partial charge in [-0.3, -0.25) is 15.6 Å². The summed E-state index contributed by atoms with van der Waals surface area (Å²) in [5.74, 6) is -0.397. The molecule has 0 saturated heterocycles. The standard InChI is InChI=1S/C14H16N6O/c1-9(21)20-6-2-3-10-4-5-11(7-13(10)20)18-19-12(8-15)14(16)17/h4-5,7,18H,2-3,6H2,1H3,(H3,16,17)/b19-12+. The lowest BCUT2D eigenvalue weighted by atomic mass is 10.0. The summed E-state index contributed by atoms with van der Waals surface area (Å²) in [6, 6.07) is 7.30. The Morgan fingerprint density at radius 3 is 2.95 bits per heavy atom. The minimum absolute atomic E-state index is 0.00180. The number of rotatable bonds is 3. The Balaban J connectivity index is 2.28. The summed E-state index contributed by atoms with van der Waals surface area (Å²) in [7, 11) is 0. The molecular weight excluding hydrogens is 268 g/mol. The van der Waals surface area contributed by atoms with Crippen LogP contribution in [-0.4, -0.2) is 24.0 Å². The van der Waals surface area contributed by atoms with Crippen LogP contribution in [0.25, 0.3) is 0 Å². The molecule has 0 saturated carbocycles. The van der Waals surface area contributed by atoms with Crippen molar-refractivity contribution in [3.05, 3.63) is 23.8 Å². The molecule has 0 radical (unpaired) electrons. The highest BCUT2D eigenvalue weighted by molar-refractivity contribution is 6.45. The highest BCUT2D eigenvalue weighted by Crippen LogP contribution is 2.30. The molecule has 1 aliphatic rings. The lowest BCUT2D eigenvalue weighted by Crippen LogP contribution is -2.33. The summed E-state index contributed by atoms with van der Waals surface area (Å²) in [6.07, 6.45) is 1.87. The van der Waals surface area contributed by atoms with E-state index in [0.717, 1.165) is 24.1 Å². The smallest absolute Gasteiger partial charge is 0.223 e. The van der Waals surface area contributed by atoms with Crippen molar-refractivity contribution in [1.82, 2.24) is 0 Å². The van der Waals surface area contributed by atoms with Gasteiger partial charge >= 0.3 is 0 Å². The van der Waals surface area contributed by atoms with Crippen molar-refractivity contribution in [2.45, 2.75) is 19.8 Å². The van der Waals surface area contributed by atoms with Crippen molar-refractivity contribution in [3.8, 4) is 6.07 Å². The van der Waals surface area contributed by atoms with Crippen LogP contribution in [0.4, 0.5) is 11.4 Å². The summed E-state index contributed by atoms with van der Waals surface area (Å²) < 4.78 is 0. The van der Waals surface area contributed by atoms with Crippen LogP contribution in [0, 0.1) is 16.7 Å². The van der Waals surface area contributed by atoms with Gasteiger partial charge in [-0.25, -0.2) is 0 Å². The number of hydrazone groups is 1. The molecule has 1 heterocycles.